The minimum atomic E-state index is -0.881. The number of anilines is 3. The standard InChI is InChI=1S/C19H21ClN6O/c1-12-7-8-13(10-21-12)23-17-9-16(22-11-19(2,3)27)25-18(26-17)14-5-4-6-15(20)24-14/h4-10,27H,11H2,1-3H3,(H2,22,23,25,26). The lowest BCUT2D eigenvalue weighted by Crippen LogP contribution is -2.29. The van der Waals surface area contributed by atoms with Crippen molar-refractivity contribution in [3.05, 3.63) is 53.4 Å². The summed E-state index contributed by atoms with van der Waals surface area (Å²) in [6, 6.07) is 10.9. The number of pyridine rings is 2. The first kappa shape index (κ1) is 19.0. The predicted molar refractivity (Wildman–Crippen MR) is 107 cm³/mol. The van der Waals surface area contributed by atoms with E-state index in [1.807, 2.05) is 19.1 Å². The van der Waals surface area contributed by atoms with E-state index in [1.165, 1.54) is 0 Å². The average Bonchev–Trinajstić information content (AvgIpc) is 2.61. The van der Waals surface area contributed by atoms with Crippen LogP contribution in [-0.2, 0) is 0 Å². The van der Waals surface area contributed by atoms with E-state index >= 15 is 0 Å². The quantitative estimate of drug-likeness (QED) is 0.556. The van der Waals surface area contributed by atoms with E-state index in [9.17, 15) is 5.11 Å². The average molecular weight is 385 g/mol. The number of hydrogen-bond donors (Lipinski definition) is 3. The van der Waals surface area contributed by atoms with Crippen molar-refractivity contribution in [1.82, 2.24) is 19.9 Å². The number of nitrogens with zero attached hydrogens (tertiary/aromatic N) is 4. The summed E-state index contributed by atoms with van der Waals surface area (Å²) in [4.78, 5) is 17.6. The number of hydrogen-bond acceptors (Lipinski definition) is 7. The maximum Gasteiger partial charge on any atom is 0.182 e. The number of halogens is 1. The molecule has 7 nitrogen and oxygen atoms in total. The second-order valence-corrected chi connectivity index (χ2v) is 7.17. The van der Waals surface area contributed by atoms with Gasteiger partial charge in [-0.2, -0.15) is 0 Å². The van der Waals surface area contributed by atoms with Gasteiger partial charge in [-0.25, -0.2) is 15.0 Å². The van der Waals surface area contributed by atoms with E-state index in [2.05, 4.69) is 30.6 Å². The fraction of sp³-hybridized carbons (Fsp3) is 0.263. The Labute approximate surface area is 162 Å². The van der Waals surface area contributed by atoms with Gasteiger partial charge in [-0.1, -0.05) is 17.7 Å². The lowest BCUT2D eigenvalue weighted by molar-refractivity contribution is 0.0944. The third kappa shape index (κ3) is 5.60. The number of aryl methyl sites for hydroxylation is 1. The van der Waals surface area contributed by atoms with Crippen LogP contribution in [0.4, 0.5) is 17.3 Å². The molecule has 27 heavy (non-hydrogen) atoms. The molecule has 3 N–H and O–H groups in total. The molecule has 8 heteroatoms. The highest BCUT2D eigenvalue weighted by Crippen LogP contribution is 2.23. The molecule has 0 unspecified atom stereocenters. The van der Waals surface area contributed by atoms with Crippen LogP contribution < -0.4 is 10.6 Å². The third-order valence-corrected chi connectivity index (χ3v) is 3.77. The second kappa shape index (κ2) is 7.85. The maximum atomic E-state index is 9.97. The Morgan fingerprint density at radius 1 is 1.07 bits per heavy atom. The summed E-state index contributed by atoms with van der Waals surface area (Å²) in [7, 11) is 0. The monoisotopic (exact) mass is 384 g/mol. The van der Waals surface area contributed by atoms with E-state index in [4.69, 9.17) is 11.6 Å². The fourth-order valence-electron chi connectivity index (χ4n) is 2.25. The molecule has 3 heterocycles. The SMILES string of the molecule is Cc1ccc(Nc2cc(NCC(C)(C)O)nc(-c3cccc(Cl)n3)n2)cn1. The van der Waals surface area contributed by atoms with E-state index < -0.39 is 5.60 Å². The van der Waals surface area contributed by atoms with Crippen LogP contribution in [0.15, 0.2) is 42.6 Å². The molecule has 0 atom stereocenters. The van der Waals surface area contributed by atoms with E-state index in [1.54, 1.807) is 44.3 Å². The molecule has 0 saturated carbocycles. The largest absolute Gasteiger partial charge is 0.389 e. The van der Waals surface area contributed by atoms with Crippen molar-refractivity contribution < 1.29 is 5.11 Å². The van der Waals surface area contributed by atoms with Gasteiger partial charge in [0.1, 0.15) is 22.5 Å². The van der Waals surface area contributed by atoms with Crippen molar-refractivity contribution in [2.24, 2.45) is 0 Å². The van der Waals surface area contributed by atoms with Crippen LogP contribution in [0.3, 0.4) is 0 Å². The number of aromatic nitrogens is 4. The van der Waals surface area contributed by atoms with E-state index in [0.717, 1.165) is 11.4 Å². The summed E-state index contributed by atoms with van der Waals surface area (Å²) < 4.78 is 0. The third-order valence-electron chi connectivity index (χ3n) is 3.56. The smallest absolute Gasteiger partial charge is 0.182 e. The van der Waals surface area contributed by atoms with Gasteiger partial charge in [-0.3, -0.25) is 4.98 Å². The van der Waals surface area contributed by atoms with Gasteiger partial charge < -0.3 is 15.7 Å². The fourth-order valence-corrected chi connectivity index (χ4v) is 2.41. The lowest BCUT2D eigenvalue weighted by atomic mass is 10.1. The van der Waals surface area contributed by atoms with Gasteiger partial charge in [0, 0.05) is 18.3 Å². The van der Waals surface area contributed by atoms with Crippen molar-refractivity contribution in [3.8, 4) is 11.5 Å². The van der Waals surface area contributed by atoms with Crippen LogP contribution in [0.1, 0.15) is 19.5 Å². The normalized spacial score (nSPS) is 11.3. The van der Waals surface area contributed by atoms with Crippen LogP contribution in [0, 0.1) is 6.92 Å². The van der Waals surface area contributed by atoms with Crippen molar-refractivity contribution >= 4 is 28.9 Å². The molecule has 0 aliphatic rings. The maximum absolute atomic E-state index is 9.97. The summed E-state index contributed by atoms with van der Waals surface area (Å²) >= 11 is 6.00. The van der Waals surface area contributed by atoms with Gasteiger partial charge in [-0.05, 0) is 45.0 Å². The Morgan fingerprint density at radius 2 is 1.85 bits per heavy atom. The molecule has 0 bridgehead atoms. The molecule has 3 aromatic rings. The zero-order chi connectivity index (χ0) is 19.4. The number of aliphatic hydroxyl groups is 1. The Kier molecular flexibility index (Phi) is 5.53. The minimum absolute atomic E-state index is 0.331. The summed E-state index contributed by atoms with van der Waals surface area (Å²) in [6.45, 7) is 5.70. The van der Waals surface area contributed by atoms with Crippen LogP contribution in [0.25, 0.3) is 11.5 Å². The van der Waals surface area contributed by atoms with Crippen LogP contribution in [-0.4, -0.2) is 37.2 Å². The zero-order valence-electron chi connectivity index (χ0n) is 15.4. The Bertz CT molecular complexity index is 924. The molecule has 3 aromatic heterocycles. The molecule has 140 valence electrons. The summed E-state index contributed by atoms with van der Waals surface area (Å²) in [5.74, 6) is 1.55. The Morgan fingerprint density at radius 3 is 2.52 bits per heavy atom. The summed E-state index contributed by atoms with van der Waals surface area (Å²) in [6.07, 6.45) is 1.73. The minimum Gasteiger partial charge on any atom is -0.389 e. The molecule has 0 aliphatic carbocycles. The van der Waals surface area contributed by atoms with Crippen LogP contribution >= 0.6 is 11.6 Å². The molecule has 0 radical (unpaired) electrons. The molecule has 0 spiro atoms. The Balaban J connectivity index is 1.95. The van der Waals surface area contributed by atoms with Gasteiger partial charge >= 0.3 is 0 Å². The molecule has 0 amide bonds. The topological polar surface area (TPSA) is 95.8 Å². The van der Waals surface area contributed by atoms with E-state index in [0.29, 0.717) is 34.9 Å². The molecular formula is C19H21ClN6O. The molecule has 0 fully saturated rings. The summed E-state index contributed by atoms with van der Waals surface area (Å²) in [5.41, 5.74) is 1.41. The van der Waals surface area contributed by atoms with Gasteiger partial charge in [0.25, 0.3) is 0 Å². The van der Waals surface area contributed by atoms with Gasteiger partial charge in [0.05, 0.1) is 17.5 Å². The highest BCUT2D eigenvalue weighted by molar-refractivity contribution is 6.29. The second-order valence-electron chi connectivity index (χ2n) is 6.79. The highest BCUT2D eigenvalue weighted by atomic mass is 35.5. The number of nitrogens with one attached hydrogen (secondary N) is 2. The number of rotatable bonds is 6. The molecule has 0 aromatic carbocycles. The first-order valence-electron chi connectivity index (χ1n) is 8.46. The van der Waals surface area contributed by atoms with Crippen molar-refractivity contribution in [1.29, 1.82) is 0 Å². The Hall–Kier alpha value is -2.77. The van der Waals surface area contributed by atoms with Crippen molar-refractivity contribution in [2.45, 2.75) is 26.4 Å². The lowest BCUT2D eigenvalue weighted by Gasteiger charge is -2.18. The van der Waals surface area contributed by atoms with Crippen molar-refractivity contribution in [2.75, 3.05) is 17.2 Å². The molecular weight excluding hydrogens is 364 g/mol. The predicted octanol–water partition coefficient (Wildman–Crippen LogP) is 3.82. The van der Waals surface area contributed by atoms with Gasteiger partial charge in [-0.15, -0.1) is 0 Å². The molecule has 0 saturated heterocycles. The summed E-state index contributed by atoms with van der Waals surface area (Å²) in [5, 5.41) is 16.7. The first-order valence-corrected chi connectivity index (χ1v) is 8.84. The molecule has 0 aliphatic heterocycles. The van der Waals surface area contributed by atoms with Gasteiger partial charge in [0.2, 0.25) is 0 Å². The highest BCUT2D eigenvalue weighted by Gasteiger charge is 2.14. The van der Waals surface area contributed by atoms with Crippen LogP contribution in [0.5, 0.6) is 0 Å². The zero-order valence-corrected chi connectivity index (χ0v) is 16.1. The van der Waals surface area contributed by atoms with Gasteiger partial charge in [0.15, 0.2) is 5.82 Å². The van der Waals surface area contributed by atoms with Crippen LogP contribution in [0.2, 0.25) is 5.15 Å². The van der Waals surface area contributed by atoms with E-state index in [-0.39, 0.29) is 0 Å². The first-order chi connectivity index (χ1) is 12.8. The molecule has 3 rings (SSSR count). The van der Waals surface area contributed by atoms with Crippen molar-refractivity contribution in [3.63, 3.8) is 0 Å².